The van der Waals surface area contributed by atoms with Crippen molar-refractivity contribution in [2.45, 2.75) is 51.1 Å². The fraction of sp³-hybridized carbons (Fsp3) is 0.550. The molecule has 0 spiro atoms. The van der Waals surface area contributed by atoms with Gasteiger partial charge >= 0.3 is 0 Å². The van der Waals surface area contributed by atoms with Gasteiger partial charge < -0.3 is 20.9 Å². The number of hydrogen-bond donors (Lipinski definition) is 4. The Morgan fingerprint density at radius 2 is 2.07 bits per heavy atom. The van der Waals surface area contributed by atoms with Gasteiger partial charge in [0, 0.05) is 35.8 Å². The van der Waals surface area contributed by atoms with Crippen molar-refractivity contribution in [2.24, 2.45) is 5.92 Å². The van der Waals surface area contributed by atoms with Crippen molar-refractivity contribution in [3.63, 3.8) is 0 Å². The number of aromatic nitrogens is 2. The van der Waals surface area contributed by atoms with E-state index in [9.17, 15) is 9.59 Å². The molecule has 1 amide bonds. The molecule has 0 radical (unpaired) electrons. The van der Waals surface area contributed by atoms with E-state index in [1.807, 2.05) is 12.1 Å². The summed E-state index contributed by atoms with van der Waals surface area (Å²) < 4.78 is 0. The van der Waals surface area contributed by atoms with Crippen molar-refractivity contribution >= 4 is 22.6 Å². The lowest BCUT2D eigenvalue weighted by Crippen LogP contribution is -2.52. The maximum atomic E-state index is 12.8. The minimum absolute atomic E-state index is 0.0180. The first kappa shape index (κ1) is 18.0. The molecule has 2 atom stereocenters. The van der Waals surface area contributed by atoms with Crippen molar-refractivity contribution in [1.29, 1.82) is 0 Å². The number of H-pyrrole nitrogens is 1. The molecular weight excluding hydrogens is 342 g/mol. The van der Waals surface area contributed by atoms with Crippen LogP contribution in [0.15, 0.2) is 23.1 Å². The van der Waals surface area contributed by atoms with Gasteiger partial charge in [-0.25, -0.2) is 4.98 Å². The zero-order valence-electron chi connectivity index (χ0n) is 15.7. The summed E-state index contributed by atoms with van der Waals surface area (Å²) in [6, 6.07) is 4.05. The number of nitrogens with zero attached hydrogens (tertiary/aromatic N) is 1. The predicted molar refractivity (Wildman–Crippen MR) is 106 cm³/mol. The van der Waals surface area contributed by atoms with Crippen LogP contribution < -0.4 is 21.5 Å². The standard InChI is InChI=1S/C20H27N5O2/c1-12-10-13-6-9-22-18(17(13)25-19(12)26)24-16-7-8-21-11-15(16)20(27)23-14-4-2-3-5-14/h6,9-10,14-16,21H,2-5,7-8,11H2,1H3,(H,22,24)(H,23,27)(H,25,26)/t15-,16-/m1/s1. The summed E-state index contributed by atoms with van der Waals surface area (Å²) in [5.41, 5.74) is 1.26. The van der Waals surface area contributed by atoms with Gasteiger partial charge in [-0.2, -0.15) is 0 Å². The Balaban J connectivity index is 1.56. The Hall–Kier alpha value is -2.41. The van der Waals surface area contributed by atoms with Crippen molar-refractivity contribution < 1.29 is 4.79 Å². The third kappa shape index (κ3) is 3.83. The molecule has 3 heterocycles. The lowest BCUT2D eigenvalue weighted by molar-refractivity contribution is -0.126. The highest BCUT2D eigenvalue weighted by atomic mass is 16.2. The molecule has 0 aromatic carbocycles. The number of fused-ring (bicyclic) bond motifs is 1. The number of piperidine rings is 1. The van der Waals surface area contributed by atoms with Crippen LogP contribution in [0.1, 0.15) is 37.7 Å². The van der Waals surface area contributed by atoms with Crippen LogP contribution in [-0.4, -0.2) is 41.0 Å². The SMILES string of the molecule is Cc1cc2ccnc(N[C@@H]3CCNC[C@H]3C(=O)NC3CCCC3)c2[nH]c1=O. The van der Waals surface area contributed by atoms with Gasteiger partial charge in [0.25, 0.3) is 5.56 Å². The Morgan fingerprint density at radius 1 is 1.26 bits per heavy atom. The number of carbonyl (C=O) groups is 1. The van der Waals surface area contributed by atoms with Crippen LogP contribution in [0.2, 0.25) is 0 Å². The number of pyridine rings is 2. The van der Waals surface area contributed by atoms with E-state index in [1.165, 1.54) is 12.8 Å². The van der Waals surface area contributed by atoms with E-state index in [-0.39, 0.29) is 23.4 Å². The molecule has 0 unspecified atom stereocenters. The van der Waals surface area contributed by atoms with E-state index in [1.54, 1.807) is 13.1 Å². The molecule has 2 aliphatic rings. The number of aryl methyl sites for hydroxylation is 1. The highest BCUT2D eigenvalue weighted by Gasteiger charge is 2.33. The van der Waals surface area contributed by atoms with Crippen LogP contribution in [0.4, 0.5) is 5.82 Å². The maximum Gasteiger partial charge on any atom is 0.251 e. The first-order chi connectivity index (χ1) is 13.1. The second kappa shape index (κ2) is 7.68. The molecule has 2 aromatic rings. The quantitative estimate of drug-likeness (QED) is 0.657. The number of nitrogens with one attached hydrogen (secondary N) is 4. The van der Waals surface area contributed by atoms with E-state index < -0.39 is 0 Å². The van der Waals surface area contributed by atoms with E-state index in [0.29, 0.717) is 29.5 Å². The average molecular weight is 369 g/mol. The minimum atomic E-state index is -0.159. The second-order valence-corrected chi connectivity index (χ2v) is 7.75. The van der Waals surface area contributed by atoms with Crippen LogP contribution in [0.3, 0.4) is 0 Å². The van der Waals surface area contributed by atoms with Crippen LogP contribution >= 0.6 is 0 Å². The lowest BCUT2D eigenvalue weighted by Gasteiger charge is -2.33. The van der Waals surface area contributed by atoms with Crippen molar-refractivity contribution in [3.8, 4) is 0 Å². The summed E-state index contributed by atoms with van der Waals surface area (Å²) in [6.07, 6.45) is 7.11. The summed E-state index contributed by atoms with van der Waals surface area (Å²) in [6.45, 7) is 3.30. The molecule has 2 aromatic heterocycles. The van der Waals surface area contributed by atoms with Gasteiger partial charge in [0.2, 0.25) is 5.91 Å². The number of carbonyl (C=O) groups excluding carboxylic acids is 1. The van der Waals surface area contributed by atoms with E-state index in [2.05, 4.69) is 25.9 Å². The van der Waals surface area contributed by atoms with Gasteiger partial charge in [-0.1, -0.05) is 12.8 Å². The highest BCUT2D eigenvalue weighted by Crippen LogP contribution is 2.24. The second-order valence-electron chi connectivity index (χ2n) is 7.75. The van der Waals surface area contributed by atoms with Gasteiger partial charge in [0.15, 0.2) is 5.82 Å². The van der Waals surface area contributed by atoms with Crippen molar-refractivity contribution in [3.05, 3.63) is 34.2 Å². The zero-order valence-corrected chi connectivity index (χ0v) is 15.7. The largest absolute Gasteiger partial charge is 0.365 e. The fourth-order valence-electron chi connectivity index (χ4n) is 4.21. The summed E-state index contributed by atoms with van der Waals surface area (Å²) in [4.78, 5) is 32.3. The number of aromatic amines is 1. The maximum absolute atomic E-state index is 12.8. The molecule has 144 valence electrons. The molecule has 7 heteroatoms. The molecule has 1 aliphatic carbocycles. The van der Waals surface area contributed by atoms with Gasteiger partial charge in [-0.05, 0) is 44.9 Å². The number of rotatable bonds is 4. The molecule has 4 rings (SSSR count). The first-order valence-electron chi connectivity index (χ1n) is 9.88. The summed E-state index contributed by atoms with van der Waals surface area (Å²) in [5.74, 6) is 0.583. The normalized spacial score (nSPS) is 23.4. The average Bonchev–Trinajstić information content (AvgIpc) is 3.17. The fourth-order valence-corrected chi connectivity index (χ4v) is 4.21. The van der Waals surface area contributed by atoms with Crippen LogP contribution in [-0.2, 0) is 4.79 Å². The first-order valence-corrected chi connectivity index (χ1v) is 9.88. The molecule has 1 saturated carbocycles. The molecule has 2 fully saturated rings. The molecule has 4 N–H and O–H groups in total. The van der Waals surface area contributed by atoms with Gasteiger partial charge in [-0.3, -0.25) is 9.59 Å². The van der Waals surface area contributed by atoms with E-state index >= 15 is 0 Å². The Kier molecular flexibility index (Phi) is 5.11. The van der Waals surface area contributed by atoms with Gasteiger partial charge in [-0.15, -0.1) is 0 Å². The van der Waals surface area contributed by atoms with E-state index in [0.717, 1.165) is 31.2 Å². The van der Waals surface area contributed by atoms with Gasteiger partial charge in [0.05, 0.1) is 11.4 Å². The smallest absolute Gasteiger partial charge is 0.251 e. The lowest BCUT2D eigenvalue weighted by atomic mass is 9.92. The topological polar surface area (TPSA) is 98.9 Å². The molecular formula is C20H27N5O2. The third-order valence-electron chi connectivity index (χ3n) is 5.79. The molecule has 0 bridgehead atoms. The Labute approximate surface area is 158 Å². The number of amides is 1. The molecule has 27 heavy (non-hydrogen) atoms. The molecule has 7 nitrogen and oxygen atoms in total. The summed E-state index contributed by atoms with van der Waals surface area (Å²) in [5, 5.41) is 10.9. The van der Waals surface area contributed by atoms with Crippen molar-refractivity contribution in [2.75, 3.05) is 18.4 Å². The van der Waals surface area contributed by atoms with Crippen LogP contribution in [0.5, 0.6) is 0 Å². The summed E-state index contributed by atoms with van der Waals surface area (Å²) >= 11 is 0. The molecule has 1 saturated heterocycles. The minimum Gasteiger partial charge on any atom is -0.365 e. The van der Waals surface area contributed by atoms with Crippen LogP contribution in [0, 0.1) is 12.8 Å². The highest BCUT2D eigenvalue weighted by molar-refractivity contribution is 5.89. The van der Waals surface area contributed by atoms with Crippen LogP contribution in [0.25, 0.3) is 10.9 Å². The third-order valence-corrected chi connectivity index (χ3v) is 5.79. The van der Waals surface area contributed by atoms with E-state index in [4.69, 9.17) is 0 Å². The van der Waals surface area contributed by atoms with Gasteiger partial charge in [0.1, 0.15) is 0 Å². The monoisotopic (exact) mass is 369 g/mol. The number of anilines is 1. The molecule has 1 aliphatic heterocycles. The Morgan fingerprint density at radius 3 is 2.89 bits per heavy atom. The Bertz CT molecular complexity index is 888. The predicted octanol–water partition coefficient (Wildman–Crippen LogP) is 1.68. The van der Waals surface area contributed by atoms with Crippen molar-refractivity contribution in [1.82, 2.24) is 20.6 Å². The zero-order chi connectivity index (χ0) is 18.8. The summed E-state index contributed by atoms with van der Waals surface area (Å²) in [7, 11) is 0. The number of hydrogen-bond acceptors (Lipinski definition) is 5.